The summed E-state index contributed by atoms with van der Waals surface area (Å²) in [4.78, 5) is 0. The average Bonchev–Trinajstić information content (AvgIpc) is 2.73. The lowest BCUT2D eigenvalue weighted by molar-refractivity contribution is 0.319. The molecular formula is C31H64. The van der Waals surface area contributed by atoms with E-state index in [1.165, 1.54) is 135 Å². The van der Waals surface area contributed by atoms with E-state index >= 15 is 0 Å². The van der Waals surface area contributed by atoms with Gasteiger partial charge in [0.2, 0.25) is 0 Å². The first-order chi connectivity index (χ1) is 15.0. The summed E-state index contributed by atoms with van der Waals surface area (Å²) in [6.07, 6.45) is 30.6. The van der Waals surface area contributed by atoms with E-state index in [1.54, 1.807) is 0 Å². The molecule has 0 heterocycles. The maximum absolute atomic E-state index is 2.52. The van der Waals surface area contributed by atoms with Crippen LogP contribution in [0.2, 0.25) is 0 Å². The van der Waals surface area contributed by atoms with Crippen molar-refractivity contribution in [3.05, 3.63) is 0 Å². The van der Waals surface area contributed by atoms with Gasteiger partial charge in [-0.3, -0.25) is 0 Å². The minimum Gasteiger partial charge on any atom is -0.0654 e. The molecule has 0 N–H and O–H groups in total. The lowest BCUT2D eigenvalue weighted by atomic mass is 9.85. The Kier molecular flexibility index (Phi) is 23.2. The summed E-state index contributed by atoms with van der Waals surface area (Å²) < 4.78 is 0. The molecular weight excluding hydrogens is 372 g/mol. The molecule has 0 aromatic rings. The van der Waals surface area contributed by atoms with Gasteiger partial charge in [-0.25, -0.2) is 0 Å². The number of hydrogen-bond acceptors (Lipinski definition) is 0. The second-order valence-corrected chi connectivity index (χ2v) is 11.7. The molecule has 0 heteroatoms. The first kappa shape index (κ1) is 31.0. The third kappa shape index (κ3) is 23.0. The number of rotatable bonds is 24. The van der Waals surface area contributed by atoms with Crippen molar-refractivity contribution in [3.8, 4) is 0 Å². The molecule has 0 aromatic heterocycles. The van der Waals surface area contributed by atoms with E-state index in [0.717, 1.165) is 23.7 Å². The Morgan fingerprint density at radius 1 is 0.419 bits per heavy atom. The van der Waals surface area contributed by atoms with Crippen LogP contribution in [0.5, 0.6) is 0 Å². The van der Waals surface area contributed by atoms with Gasteiger partial charge in [-0.2, -0.15) is 0 Å². The Morgan fingerprint density at radius 3 is 1.35 bits per heavy atom. The summed E-state index contributed by atoms with van der Waals surface area (Å²) >= 11 is 0. The monoisotopic (exact) mass is 437 g/mol. The Morgan fingerprint density at radius 2 is 0.871 bits per heavy atom. The van der Waals surface area contributed by atoms with Crippen LogP contribution in [-0.2, 0) is 0 Å². The summed E-state index contributed by atoms with van der Waals surface area (Å²) in [7, 11) is 0. The van der Waals surface area contributed by atoms with Crippen LogP contribution in [0.4, 0.5) is 0 Å². The van der Waals surface area contributed by atoms with Gasteiger partial charge >= 0.3 is 0 Å². The molecule has 0 spiro atoms. The van der Waals surface area contributed by atoms with E-state index < -0.39 is 0 Å². The second-order valence-electron chi connectivity index (χ2n) is 11.7. The van der Waals surface area contributed by atoms with Crippen molar-refractivity contribution >= 4 is 0 Å². The maximum Gasteiger partial charge on any atom is -0.0414 e. The Labute approximate surface area is 200 Å². The van der Waals surface area contributed by atoms with Crippen LogP contribution >= 0.6 is 0 Å². The van der Waals surface area contributed by atoms with Crippen molar-refractivity contribution in [2.24, 2.45) is 23.7 Å². The lowest BCUT2D eigenvalue weighted by Crippen LogP contribution is -2.07. The second kappa shape index (κ2) is 23.2. The highest BCUT2D eigenvalue weighted by molar-refractivity contribution is 4.65. The normalized spacial score (nSPS) is 14.8. The molecule has 0 fully saturated rings. The summed E-state index contributed by atoms with van der Waals surface area (Å²) in [5, 5.41) is 0. The SMILES string of the molecule is CCCCCCCCCCCCCCC(C)CC(CC)CCCC(C)CCCC(C)C. The van der Waals surface area contributed by atoms with Crippen molar-refractivity contribution in [2.75, 3.05) is 0 Å². The van der Waals surface area contributed by atoms with E-state index in [1.807, 2.05) is 0 Å². The molecule has 0 amide bonds. The van der Waals surface area contributed by atoms with Gasteiger partial charge < -0.3 is 0 Å². The van der Waals surface area contributed by atoms with Crippen molar-refractivity contribution in [1.29, 1.82) is 0 Å². The standard InChI is InChI=1S/C31H64/c1-7-9-10-11-12-13-14-15-16-17-18-19-23-30(6)27-31(8-2)26-21-25-29(5)24-20-22-28(3)4/h28-31H,7-27H2,1-6H3. The molecule has 0 bridgehead atoms. The zero-order valence-electron chi connectivity index (χ0n) is 23.2. The lowest BCUT2D eigenvalue weighted by Gasteiger charge is -2.21. The van der Waals surface area contributed by atoms with Crippen LogP contribution in [0, 0.1) is 23.7 Å². The first-order valence-electron chi connectivity index (χ1n) is 15.0. The molecule has 0 aliphatic carbocycles. The molecule has 0 saturated carbocycles. The molecule has 188 valence electrons. The Hall–Kier alpha value is 0. The van der Waals surface area contributed by atoms with Crippen molar-refractivity contribution in [1.82, 2.24) is 0 Å². The van der Waals surface area contributed by atoms with E-state index in [-0.39, 0.29) is 0 Å². The molecule has 0 radical (unpaired) electrons. The smallest absolute Gasteiger partial charge is 0.0414 e. The summed E-state index contributed by atoms with van der Waals surface area (Å²) in [6, 6.07) is 0. The van der Waals surface area contributed by atoms with Crippen LogP contribution in [0.3, 0.4) is 0 Å². The van der Waals surface area contributed by atoms with Gasteiger partial charge in [0, 0.05) is 0 Å². The molecule has 0 aliphatic rings. The molecule has 31 heavy (non-hydrogen) atoms. The third-order valence-electron chi connectivity index (χ3n) is 7.65. The maximum atomic E-state index is 2.52. The van der Waals surface area contributed by atoms with Crippen LogP contribution < -0.4 is 0 Å². The highest BCUT2D eigenvalue weighted by atomic mass is 14.2. The van der Waals surface area contributed by atoms with Crippen LogP contribution in [0.25, 0.3) is 0 Å². The largest absolute Gasteiger partial charge is 0.0654 e. The van der Waals surface area contributed by atoms with Crippen LogP contribution in [-0.4, -0.2) is 0 Å². The quantitative estimate of drug-likeness (QED) is 0.132. The van der Waals surface area contributed by atoms with Gasteiger partial charge in [-0.15, -0.1) is 0 Å². The van der Waals surface area contributed by atoms with Gasteiger partial charge in [-0.05, 0) is 30.1 Å². The topological polar surface area (TPSA) is 0 Å². The Balaban J connectivity index is 3.55. The minimum atomic E-state index is 0.878. The molecule has 3 unspecified atom stereocenters. The fourth-order valence-corrected chi connectivity index (χ4v) is 5.28. The first-order valence-corrected chi connectivity index (χ1v) is 15.0. The molecule has 0 aliphatic heterocycles. The molecule has 0 nitrogen and oxygen atoms in total. The van der Waals surface area contributed by atoms with E-state index in [2.05, 4.69) is 41.5 Å². The molecule has 0 rings (SSSR count). The molecule has 0 saturated heterocycles. The summed E-state index contributed by atoms with van der Waals surface area (Å²) in [5.41, 5.74) is 0. The zero-order valence-corrected chi connectivity index (χ0v) is 23.2. The minimum absolute atomic E-state index is 0.878. The fraction of sp³-hybridized carbons (Fsp3) is 1.00. The zero-order chi connectivity index (χ0) is 23.2. The van der Waals surface area contributed by atoms with E-state index in [4.69, 9.17) is 0 Å². The van der Waals surface area contributed by atoms with Gasteiger partial charge in [-0.1, -0.05) is 170 Å². The van der Waals surface area contributed by atoms with E-state index in [9.17, 15) is 0 Å². The highest BCUT2D eigenvalue weighted by Crippen LogP contribution is 2.27. The van der Waals surface area contributed by atoms with E-state index in [0.29, 0.717) is 0 Å². The molecule has 3 atom stereocenters. The summed E-state index contributed by atoms with van der Waals surface area (Å²) in [5.74, 6) is 3.74. The van der Waals surface area contributed by atoms with Crippen molar-refractivity contribution < 1.29 is 0 Å². The third-order valence-corrected chi connectivity index (χ3v) is 7.65. The Bertz CT molecular complexity index is 331. The fourth-order valence-electron chi connectivity index (χ4n) is 5.28. The van der Waals surface area contributed by atoms with Crippen molar-refractivity contribution in [3.63, 3.8) is 0 Å². The van der Waals surface area contributed by atoms with Gasteiger partial charge in [0.15, 0.2) is 0 Å². The van der Waals surface area contributed by atoms with Crippen LogP contribution in [0.1, 0.15) is 176 Å². The average molecular weight is 437 g/mol. The van der Waals surface area contributed by atoms with Gasteiger partial charge in [0.25, 0.3) is 0 Å². The predicted molar refractivity (Wildman–Crippen MR) is 145 cm³/mol. The predicted octanol–water partition coefficient (Wildman–Crippen LogP) is 11.8. The van der Waals surface area contributed by atoms with Gasteiger partial charge in [0.05, 0.1) is 0 Å². The van der Waals surface area contributed by atoms with Gasteiger partial charge in [0.1, 0.15) is 0 Å². The number of unbranched alkanes of at least 4 members (excludes halogenated alkanes) is 11. The molecule has 0 aromatic carbocycles. The summed E-state index contributed by atoms with van der Waals surface area (Å²) in [6.45, 7) is 14.4. The highest BCUT2D eigenvalue weighted by Gasteiger charge is 2.12. The van der Waals surface area contributed by atoms with Crippen LogP contribution in [0.15, 0.2) is 0 Å². The van der Waals surface area contributed by atoms with Crippen molar-refractivity contribution in [2.45, 2.75) is 176 Å². The number of hydrogen-bond donors (Lipinski definition) is 0.